The lowest BCUT2D eigenvalue weighted by atomic mass is 10.1. The van der Waals surface area contributed by atoms with Crippen molar-refractivity contribution in [2.45, 2.75) is 19.9 Å². The average molecular weight is 255 g/mol. The molecule has 0 aromatic heterocycles. The quantitative estimate of drug-likeness (QED) is 0.876. The Balaban J connectivity index is 2.54. The van der Waals surface area contributed by atoms with Crippen LogP contribution in [0.3, 0.4) is 0 Å². The summed E-state index contributed by atoms with van der Waals surface area (Å²) in [6.07, 6.45) is 0.494. The van der Waals surface area contributed by atoms with E-state index in [0.717, 1.165) is 5.56 Å². The molecule has 1 aromatic carbocycles. The molecule has 3 nitrogen and oxygen atoms in total. The highest BCUT2D eigenvalue weighted by atomic mass is 35.5. The molecule has 0 spiro atoms. The number of hydrogen-bond acceptors (Lipinski definition) is 2. The van der Waals surface area contributed by atoms with Gasteiger partial charge in [0.05, 0.1) is 0 Å². The second kappa shape index (κ2) is 6.62. The summed E-state index contributed by atoms with van der Waals surface area (Å²) in [4.78, 5) is 13.5. The van der Waals surface area contributed by atoms with Crippen LogP contribution in [0.15, 0.2) is 24.3 Å². The summed E-state index contributed by atoms with van der Waals surface area (Å²) in [6, 6.07) is 7.54. The topological polar surface area (TPSA) is 46.3 Å². The standard InChI is InChI=1S/C13H19ClN2O/c1-10(8-15)6-13(17)16(2)9-11-4-3-5-12(14)7-11/h3-5,7,10H,6,8-9,15H2,1-2H3. The first-order chi connectivity index (χ1) is 8.02. The van der Waals surface area contributed by atoms with Crippen molar-refractivity contribution < 1.29 is 4.79 Å². The van der Waals surface area contributed by atoms with Crippen LogP contribution < -0.4 is 5.73 Å². The number of nitrogens with two attached hydrogens (primary N) is 1. The van der Waals surface area contributed by atoms with E-state index in [1.165, 1.54) is 0 Å². The minimum atomic E-state index is 0.114. The van der Waals surface area contributed by atoms with Crippen molar-refractivity contribution in [2.75, 3.05) is 13.6 Å². The summed E-state index contributed by atoms with van der Waals surface area (Å²) in [7, 11) is 1.80. The predicted molar refractivity (Wildman–Crippen MR) is 70.8 cm³/mol. The fraction of sp³-hybridized carbons (Fsp3) is 0.462. The van der Waals surface area contributed by atoms with Crippen LogP contribution in [-0.2, 0) is 11.3 Å². The number of benzene rings is 1. The predicted octanol–water partition coefficient (Wildman–Crippen LogP) is 2.28. The summed E-state index contributed by atoms with van der Waals surface area (Å²) >= 11 is 5.89. The molecule has 1 unspecified atom stereocenters. The lowest BCUT2D eigenvalue weighted by Crippen LogP contribution is -2.29. The number of hydrogen-bond donors (Lipinski definition) is 1. The van der Waals surface area contributed by atoms with Crippen molar-refractivity contribution in [2.24, 2.45) is 11.7 Å². The van der Waals surface area contributed by atoms with Crippen molar-refractivity contribution in [1.82, 2.24) is 4.90 Å². The molecule has 17 heavy (non-hydrogen) atoms. The molecule has 0 bridgehead atoms. The Kier molecular flexibility index (Phi) is 5.45. The van der Waals surface area contributed by atoms with E-state index in [-0.39, 0.29) is 11.8 Å². The van der Waals surface area contributed by atoms with Crippen molar-refractivity contribution in [3.63, 3.8) is 0 Å². The minimum Gasteiger partial charge on any atom is -0.341 e. The van der Waals surface area contributed by atoms with E-state index < -0.39 is 0 Å². The highest BCUT2D eigenvalue weighted by Crippen LogP contribution is 2.13. The van der Waals surface area contributed by atoms with Gasteiger partial charge in [-0.3, -0.25) is 4.79 Å². The Morgan fingerprint density at radius 3 is 2.82 bits per heavy atom. The molecule has 4 heteroatoms. The number of carbonyl (C=O) groups is 1. The molecule has 1 rings (SSSR count). The van der Waals surface area contributed by atoms with Gasteiger partial charge in [0.25, 0.3) is 0 Å². The van der Waals surface area contributed by atoms with Gasteiger partial charge in [0.2, 0.25) is 5.91 Å². The van der Waals surface area contributed by atoms with Crippen molar-refractivity contribution >= 4 is 17.5 Å². The van der Waals surface area contributed by atoms with E-state index in [1.54, 1.807) is 11.9 Å². The molecule has 94 valence electrons. The molecule has 0 aliphatic rings. The van der Waals surface area contributed by atoms with Crippen LogP contribution in [0.25, 0.3) is 0 Å². The molecule has 0 radical (unpaired) electrons. The number of halogens is 1. The summed E-state index contributed by atoms with van der Waals surface area (Å²) in [5.41, 5.74) is 6.54. The van der Waals surface area contributed by atoms with Crippen LogP contribution in [0, 0.1) is 5.92 Å². The number of nitrogens with zero attached hydrogens (tertiary/aromatic N) is 1. The van der Waals surface area contributed by atoms with Crippen LogP contribution in [0.1, 0.15) is 18.9 Å². The zero-order valence-corrected chi connectivity index (χ0v) is 11.1. The maximum Gasteiger partial charge on any atom is 0.222 e. The van der Waals surface area contributed by atoms with Gasteiger partial charge in [-0.1, -0.05) is 30.7 Å². The van der Waals surface area contributed by atoms with Crippen LogP contribution in [0.2, 0.25) is 5.02 Å². The van der Waals surface area contributed by atoms with Crippen molar-refractivity contribution in [3.05, 3.63) is 34.9 Å². The van der Waals surface area contributed by atoms with Crippen LogP contribution >= 0.6 is 11.6 Å². The lowest BCUT2D eigenvalue weighted by molar-refractivity contribution is -0.131. The molecule has 2 N–H and O–H groups in total. The molecule has 0 saturated carbocycles. The Hall–Kier alpha value is -1.06. The third-order valence-electron chi connectivity index (χ3n) is 2.66. The molecule has 0 fully saturated rings. The molecular weight excluding hydrogens is 236 g/mol. The summed E-state index contributed by atoms with van der Waals surface area (Å²) in [6.45, 7) is 3.10. The van der Waals surface area contributed by atoms with E-state index in [9.17, 15) is 4.79 Å². The smallest absolute Gasteiger partial charge is 0.222 e. The van der Waals surface area contributed by atoms with Gasteiger partial charge in [0, 0.05) is 25.0 Å². The maximum absolute atomic E-state index is 11.8. The van der Waals surface area contributed by atoms with Gasteiger partial charge >= 0.3 is 0 Å². The molecule has 1 aromatic rings. The molecular formula is C13H19ClN2O. The molecule has 0 heterocycles. The zero-order valence-electron chi connectivity index (χ0n) is 10.3. The lowest BCUT2D eigenvalue weighted by Gasteiger charge is -2.19. The second-order valence-electron chi connectivity index (χ2n) is 4.42. The highest BCUT2D eigenvalue weighted by molar-refractivity contribution is 6.30. The van der Waals surface area contributed by atoms with E-state index in [0.29, 0.717) is 24.5 Å². The second-order valence-corrected chi connectivity index (χ2v) is 4.86. The first-order valence-corrected chi connectivity index (χ1v) is 6.09. The third kappa shape index (κ3) is 4.75. The van der Waals surface area contributed by atoms with Gasteiger partial charge in [-0.25, -0.2) is 0 Å². The third-order valence-corrected chi connectivity index (χ3v) is 2.90. The van der Waals surface area contributed by atoms with Gasteiger partial charge in [-0.15, -0.1) is 0 Å². The molecule has 1 amide bonds. The zero-order chi connectivity index (χ0) is 12.8. The first kappa shape index (κ1) is 14.0. The molecule has 1 atom stereocenters. The van der Waals surface area contributed by atoms with E-state index in [1.807, 2.05) is 31.2 Å². The number of carbonyl (C=O) groups excluding carboxylic acids is 1. The molecule has 0 saturated heterocycles. The normalized spacial score (nSPS) is 12.2. The van der Waals surface area contributed by atoms with Crippen LogP contribution in [0.4, 0.5) is 0 Å². The van der Waals surface area contributed by atoms with Gasteiger partial charge in [0.1, 0.15) is 0 Å². The number of rotatable bonds is 5. The Morgan fingerprint density at radius 2 is 2.24 bits per heavy atom. The van der Waals surface area contributed by atoms with Crippen LogP contribution in [-0.4, -0.2) is 24.4 Å². The first-order valence-electron chi connectivity index (χ1n) is 5.71. The average Bonchev–Trinajstić information content (AvgIpc) is 2.28. The van der Waals surface area contributed by atoms with Gasteiger partial charge in [-0.05, 0) is 30.2 Å². The highest BCUT2D eigenvalue weighted by Gasteiger charge is 2.12. The van der Waals surface area contributed by atoms with Crippen molar-refractivity contribution in [3.8, 4) is 0 Å². The molecule has 0 aliphatic carbocycles. The summed E-state index contributed by atoms with van der Waals surface area (Å²) in [5.74, 6) is 0.340. The molecule has 0 aliphatic heterocycles. The van der Waals surface area contributed by atoms with Gasteiger partial charge < -0.3 is 10.6 Å². The monoisotopic (exact) mass is 254 g/mol. The Bertz CT molecular complexity index is 381. The Morgan fingerprint density at radius 1 is 1.53 bits per heavy atom. The fourth-order valence-electron chi connectivity index (χ4n) is 1.53. The number of amides is 1. The minimum absolute atomic E-state index is 0.114. The van der Waals surface area contributed by atoms with Crippen molar-refractivity contribution in [1.29, 1.82) is 0 Å². The van der Waals surface area contributed by atoms with Crippen LogP contribution in [0.5, 0.6) is 0 Å². The SMILES string of the molecule is CC(CN)CC(=O)N(C)Cc1cccc(Cl)c1. The summed E-state index contributed by atoms with van der Waals surface area (Å²) in [5, 5.41) is 0.693. The van der Waals surface area contributed by atoms with E-state index >= 15 is 0 Å². The van der Waals surface area contributed by atoms with Gasteiger partial charge in [-0.2, -0.15) is 0 Å². The maximum atomic E-state index is 11.8. The van der Waals surface area contributed by atoms with E-state index in [4.69, 9.17) is 17.3 Å². The van der Waals surface area contributed by atoms with E-state index in [2.05, 4.69) is 0 Å². The Labute approximate surface area is 108 Å². The van der Waals surface area contributed by atoms with Gasteiger partial charge in [0.15, 0.2) is 0 Å². The summed E-state index contributed by atoms with van der Waals surface area (Å²) < 4.78 is 0. The fourth-order valence-corrected chi connectivity index (χ4v) is 1.75. The largest absolute Gasteiger partial charge is 0.341 e.